The van der Waals surface area contributed by atoms with Gasteiger partial charge >= 0.3 is 12.2 Å². The maximum Gasteiger partial charge on any atom is 0.409 e. The Bertz CT molecular complexity index is 1710. The maximum atomic E-state index is 13.7. The van der Waals surface area contributed by atoms with Gasteiger partial charge in [0, 0.05) is 49.2 Å². The van der Waals surface area contributed by atoms with Gasteiger partial charge in [-0.05, 0) is 85.5 Å². The van der Waals surface area contributed by atoms with Crippen molar-refractivity contribution >= 4 is 33.8 Å². The number of alkyl carbamates (subject to hydrolysis) is 1. The van der Waals surface area contributed by atoms with Crippen LogP contribution in [0.1, 0.15) is 75.5 Å². The predicted molar refractivity (Wildman–Crippen MR) is 217 cm³/mol. The van der Waals surface area contributed by atoms with Gasteiger partial charge in [0.25, 0.3) is 0 Å². The molecule has 3 atom stereocenters. The van der Waals surface area contributed by atoms with Crippen LogP contribution in [0.5, 0.6) is 23.0 Å². The Morgan fingerprint density at radius 2 is 1.68 bits per heavy atom. The normalized spacial score (nSPS) is 19.3. The fourth-order valence-electron chi connectivity index (χ4n) is 7.75. The van der Waals surface area contributed by atoms with Crippen molar-refractivity contribution in [3.05, 3.63) is 83.7 Å². The first-order valence-corrected chi connectivity index (χ1v) is 22.0. The molecule has 56 heavy (non-hydrogen) atoms. The molecule has 3 unspecified atom stereocenters. The summed E-state index contributed by atoms with van der Waals surface area (Å²) in [5, 5.41) is 6.65. The summed E-state index contributed by atoms with van der Waals surface area (Å²) in [6.07, 6.45) is 4.66. The fraction of sp³-hybridized carbons (Fsp3) is 0.524. The van der Waals surface area contributed by atoms with Crippen LogP contribution in [0, 0.1) is 11.7 Å². The van der Waals surface area contributed by atoms with Gasteiger partial charge < -0.3 is 44.0 Å². The lowest BCUT2D eigenvalue weighted by molar-refractivity contribution is -0.0474. The predicted octanol–water partition coefficient (Wildman–Crippen LogP) is 8.73. The molecule has 1 aliphatic carbocycles. The number of nitrogens with zero attached hydrogens (tertiary/aromatic N) is 1. The summed E-state index contributed by atoms with van der Waals surface area (Å²) in [4.78, 5) is 28.1. The summed E-state index contributed by atoms with van der Waals surface area (Å²) in [5.74, 6) is 3.81. The molecule has 3 aromatic rings. The number of ether oxygens (including phenoxy) is 6. The number of amides is 2. The number of methoxy groups -OCH3 is 1. The van der Waals surface area contributed by atoms with E-state index in [0.717, 1.165) is 49.0 Å². The SMILES string of the molecule is COc1ccc(C(NC(C)C)C2(OC(=O)NCCSSCCOC(=O)N3CCC(c4ccc(F)cc4)C(COc4ccc5c(c4)OCO5)C3)CCCCC2)cc1. The third-order valence-electron chi connectivity index (χ3n) is 10.5. The minimum absolute atomic E-state index is 0.0379. The molecule has 11 nitrogen and oxygen atoms in total. The maximum absolute atomic E-state index is 13.7. The van der Waals surface area contributed by atoms with Crippen LogP contribution in [-0.2, 0) is 9.47 Å². The lowest BCUT2D eigenvalue weighted by Gasteiger charge is -2.44. The molecule has 14 heteroatoms. The highest BCUT2D eigenvalue weighted by molar-refractivity contribution is 8.76. The van der Waals surface area contributed by atoms with Crippen molar-refractivity contribution in [2.75, 3.05) is 58.3 Å². The molecule has 1 saturated carbocycles. The minimum Gasteiger partial charge on any atom is -0.497 e. The van der Waals surface area contributed by atoms with Crippen molar-refractivity contribution < 1.29 is 42.4 Å². The van der Waals surface area contributed by atoms with Crippen molar-refractivity contribution in [2.24, 2.45) is 5.92 Å². The van der Waals surface area contributed by atoms with Gasteiger partial charge in [0.05, 0.1) is 19.8 Å². The number of carbonyl (C=O) groups is 2. The van der Waals surface area contributed by atoms with Crippen LogP contribution in [0.2, 0.25) is 0 Å². The Labute approximate surface area is 337 Å². The topological polar surface area (TPSA) is 117 Å². The second-order valence-corrected chi connectivity index (χ2v) is 17.4. The number of hydrogen-bond acceptors (Lipinski definition) is 11. The molecule has 2 aliphatic heterocycles. The van der Waals surface area contributed by atoms with Crippen LogP contribution >= 0.6 is 21.6 Å². The molecule has 2 N–H and O–H groups in total. The Balaban J connectivity index is 0.923. The number of likely N-dealkylation sites (tertiary alicyclic amines) is 1. The second kappa shape index (κ2) is 20.4. The zero-order chi connectivity index (χ0) is 39.3. The number of piperidine rings is 1. The highest BCUT2D eigenvalue weighted by atomic mass is 33.1. The number of fused-ring (bicyclic) bond motifs is 1. The van der Waals surface area contributed by atoms with E-state index in [1.165, 1.54) is 12.1 Å². The molecule has 1 saturated heterocycles. The standard InChI is InChI=1S/C42H54FN3O8S2/c1-29(2)45-39(31-9-13-34(49-3)14-10-31)42(18-5-4-6-19-42)54-40(47)44-20-23-55-56-24-22-50-41(48)46-21-17-36(30-7-11-33(43)12-8-30)32(26-46)27-51-35-15-16-37-38(25-35)53-28-52-37/h7-16,25,29,32,36,39,45H,4-6,17-24,26-28H2,1-3H3,(H,44,47). The summed E-state index contributed by atoms with van der Waals surface area (Å²) in [6.45, 7) is 6.46. The summed E-state index contributed by atoms with van der Waals surface area (Å²) < 4.78 is 48.2. The number of benzene rings is 3. The van der Waals surface area contributed by atoms with E-state index in [9.17, 15) is 14.0 Å². The molecule has 0 bridgehead atoms. The third-order valence-corrected chi connectivity index (χ3v) is 12.9. The van der Waals surface area contributed by atoms with Crippen LogP contribution in [0.4, 0.5) is 14.0 Å². The fourth-order valence-corrected chi connectivity index (χ4v) is 9.49. The highest BCUT2D eigenvalue weighted by Crippen LogP contribution is 2.43. The average molecular weight is 812 g/mol. The molecule has 6 rings (SSSR count). The average Bonchev–Trinajstić information content (AvgIpc) is 3.69. The molecule has 0 radical (unpaired) electrons. The minimum atomic E-state index is -0.649. The monoisotopic (exact) mass is 811 g/mol. The second-order valence-electron chi connectivity index (χ2n) is 14.7. The summed E-state index contributed by atoms with van der Waals surface area (Å²) in [7, 11) is 4.86. The Morgan fingerprint density at radius 1 is 0.946 bits per heavy atom. The molecular formula is C42H54FN3O8S2. The van der Waals surface area contributed by atoms with Crippen molar-refractivity contribution in [1.82, 2.24) is 15.5 Å². The molecule has 304 valence electrons. The van der Waals surface area contributed by atoms with E-state index >= 15 is 0 Å². The molecule has 2 amide bonds. The van der Waals surface area contributed by atoms with Gasteiger partial charge in [-0.1, -0.05) is 66.1 Å². The molecule has 2 fully saturated rings. The Kier molecular flexibility index (Phi) is 15.2. The quantitative estimate of drug-likeness (QED) is 0.101. The van der Waals surface area contributed by atoms with E-state index in [4.69, 9.17) is 28.4 Å². The first-order valence-electron chi connectivity index (χ1n) is 19.5. The molecule has 2 heterocycles. The van der Waals surface area contributed by atoms with E-state index in [0.29, 0.717) is 61.4 Å². The number of hydrogen-bond donors (Lipinski definition) is 2. The van der Waals surface area contributed by atoms with Gasteiger partial charge in [-0.15, -0.1) is 0 Å². The molecule has 0 spiro atoms. The number of rotatable bonds is 17. The first kappa shape index (κ1) is 41.6. The van der Waals surface area contributed by atoms with Gasteiger partial charge in [0.15, 0.2) is 11.5 Å². The largest absolute Gasteiger partial charge is 0.497 e. The van der Waals surface area contributed by atoms with Crippen molar-refractivity contribution in [3.63, 3.8) is 0 Å². The summed E-state index contributed by atoms with van der Waals surface area (Å²) in [5.41, 5.74) is 1.44. The molecule has 0 aromatic heterocycles. The van der Waals surface area contributed by atoms with Gasteiger partial charge in [0.1, 0.15) is 29.5 Å². The van der Waals surface area contributed by atoms with Crippen molar-refractivity contribution in [3.8, 4) is 23.0 Å². The van der Waals surface area contributed by atoms with E-state index in [1.54, 1.807) is 39.7 Å². The van der Waals surface area contributed by atoms with Crippen molar-refractivity contribution in [2.45, 2.75) is 76.0 Å². The smallest absolute Gasteiger partial charge is 0.409 e. The highest BCUT2D eigenvalue weighted by Gasteiger charge is 2.44. The van der Waals surface area contributed by atoms with Gasteiger partial charge in [-0.2, -0.15) is 0 Å². The molecular weight excluding hydrogens is 758 g/mol. The lowest BCUT2D eigenvalue weighted by atomic mass is 9.76. The van der Waals surface area contributed by atoms with Crippen LogP contribution < -0.4 is 29.6 Å². The number of carbonyl (C=O) groups excluding carboxylic acids is 2. The van der Waals surface area contributed by atoms with Gasteiger partial charge in [0.2, 0.25) is 6.79 Å². The first-order chi connectivity index (χ1) is 27.2. The zero-order valence-electron chi connectivity index (χ0n) is 32.5. The van der Waals surface area contributed by atoms with Crippen LogP contribution in [0.15, 0.2) is 66.7 Å². The summed E-state index contributed by atoms with van der Waals surface area (Å²) in [6, 6.07) is 20.1. The summed E-state index contributed by atoms with van der Waals surface area (Å²) >= 11 is 0. The molecule has 3 aliphatic rings. The van der Waals surface area contributed by atoms with Crippen LogP contribution in [-0.4, -0.2) is 87.0 Å². The van der Waals surface area contributed by atoms with Gasteiger partial charge in [-0.3, -0.25) is 0 Å². The van der Waals surface area contributed by atoms with E-state index in [2.05, 4.69) is 36.6 Å². The molecule has 3 aromatic carbocycles. The van der Waals surface area contributed by atoms with Gasteiger partial charge in [-0.25, -0.2) is 14.0 Å². The van der Waals surface area contributed by atoms with Crippen LogP contribution in [0.3, 0.4) is 0 Å². The lowest BCUT2D eigenvalue weighted by Crippen LogP contribution is -2.51. The third kappa shape index (κ3) is 11.3. The van der Waals surface area contributed by atoms with E-state index < -0.39 is 11.7 Å². The van der Waals surface area contributed by atoms with E-state index in [-0.39, 0.29) is 49.2 Å². The Hall–Kier alpha value is -4.01. The zero-order valence-corrected chi connectivity index (χ0v) is 34.1. The van der Waals surface area contributed by atoms with Crippen molar-refractivity contribution in [1.29, 1.82) is 0 Å². The number of halogens is 1. The Morgan fingerprint density at radius 3 is 2.43 bits per heavy atom. The number of nitrogens with one attached hydrogen (secondary N) is 2. The van der Waals surface area contributed by atoms with E-state index in [1.807, 2.05) is 36.4 Å². The van der Waals surface area contributed by atoms with Crippen LogP contribution in [0.25, 0.3) is 0 Å².